The molecule has 0 aromatic heterocycles. The second-order valence-corrected chi connectivity index (χ2v) is 7.17. The fraction of sp³-hybridized carbons (Fsp3) is 0.600. The van der Waals surface area contributed by atoms with Crippen LogP contribution in [0.25, 0.3) is 0 Å². The van der Waals surface area contributed by atoms with E-state index >= 15 is 0 Å². The number of anilines is 1. The number of rotatable bonds is 9. The number of benzene rings is 1. The molecule has 2 rings (SSSR count). The largest absolute Gasteiger partial charge is 0.370 e. The number of nitrogens with zero attached hydrogens (tertiary/aromatic N) is 1. The number of nitrogens with two attached hydrogens (primary N) is 1. The fourth-order valence-electron chi connectivity index (χ4n) is 2.33. The molecular weight excluding hydrogens is 286 g/mol. The second-order valence-electron chi connectivity index (χ2n) is 5.49. The summed E-state index contributed by atoms with van der Waals surface area (Å²) in [6.07, 6.45) is 3.69. The molecule has 0 atom stereocenters. The Morgan fingerprint density at radius 3 is 2.62 bits per heavy atom. The van der Waals surface area contributed by atoms with Crippen molar-refractivity contribution in [3.05, 3.63) is 24.3 Å². The van der Waals surface area contributed by atoms with Gasteiger partial charge >= 0.3 is 0 Å². The SMILES string of the molecule is CCCN(CCCN)c1ccccc1S(=O)(=O)NC1CC1. The molecule has 1 aromatic rings. The van der Waals surface area contributed by atoms with Gasteiger partial charge in [-0.25, -0.2) is 13.1 Å². The van der Waals surface area contributed by atoms with E-state index < -0.39 is 10.0 Å². The molecule has 0 spiro atoms. The standard InChI is InChI=1S/C15H25N3O2S/c1-2-11-18(12-5-10-16)14-6-3-4-7-15(14)21(19,20)17-13-8-9-13/h3-4,6-7,13,17H,2,5,8-12,16H2,1H3. The van der Waals surface area contributed by atoms with Crippen LogP contribution in [-0.2, 0) is 10.0 Å². The third-order valence-electron chi connectivity index (χ3n) is 3.52. The van der Waals surface area contributed by atoms with Gasteiger partial charge in [0.2, 0.25) is 10.0 Å². The highest BCUT2D eigenvalue weighted by atomic mass is 32.2. The molecule has 1 aromatic carbocycles. The quantitative estimate of drug-likeness (QED) is 0.728. The summed E-state index contributed by atoms with van der Waals surface area (Å²) in [4.78, 5) is 2.50. The van der Waals surface area contributed by atoms with E-state index in [1.807, 2.05) is 12.1 Å². The summed E-state index contributed by atoms with van der Waals surface area (Å²) in [6, 6.07) is 7.35. The van der Waals surface area contributed by atoms with E-state index in [0.717, 1.165) is 44.5 Å². The first-order chi connectivity index (χ1) is 10.1. The van der Waals surface area contributed by atoms with Crippen LogP contribution < -0.4 is 15.4 Å². The third kappa shape index (κ3) is 4.43. The van der Waals surface area contributed by atoms with Crippen LogP contribution in [0.15, 0.2) is 29.2 Å². The Hall–Kier alpha value is -1.11. The van der Waals surface area contributed by atoms with Gasteiger partial charge in [0.1, 0.15) is 4.90 Å². The number of hydrogen-bond donors (Lipinski definition) is 2. The van der Waals surface area contributed by atoms with E-state index in [9.17, 15) is 8.42 Å². The molecule has 6 heteroatoms. The van der Waals surface area contributed by atoms with Crippen molar-refractivity contribution in [1.82, 2.24) is 4.72 Å². The lowest BCUT2D eigenvalue weighted by Crippen LogP contribution is -2.31. The van der Waals surface area contributed by atoms with Gasteiger partial charge in [-0.05, 0) is 44.4 Å². The van der Waals surface area contributed by atoms with Gasteiger partial charge in [0, 0.05) is 19.1 Å². The minimum Gasteiger partial charge on any atom is -0.370 e. The summed E-state index contributed by atoms with van der Waals surface area (Å²) in [6.45, 7) is 4.31. The van der Waals surface area contributed by atoms with Crippen molar-refractivity contribution in [1.29, 1.82) is 0 Å². The predicted octanol–water partition coefficient (Wildman–Crippen LogP) is 1.69. The van der Waals surface area contributed by atoms with Crippen LogP contribution >= 0.6 is 0 Å². The Morgan fingerprint density at radius 1 is 1.29 bits per heavy atom. The van der Waals surface area contributed by atoms with Gasteiger partial charge in [-0.2, -0.15) is 0 Å². The summed E-state index contributed by atoms with van der Waals surface area (Å²) in [7, 11) is -3.44. The van der Waals surface area contributed by atoms with Crippen LogP contribution in [0.4, 0.5) is 5.69 Å². The lowest BCUT2D eigenvalue weighted by atomic mass is 10.2. The highest BCUT2D eigenvalue weighted by molar-refractivity contribution is 7.89. The molecule has 0 heterocycles. The fourth-order valence-corrected chi connectivity index (χ4v) is 3.87. The van der Waals surface area contributed by atoms with Crippen LogP contribution in [0.1, 0.15) is 32.6 Å². The zero-order valence-corrected chi connectivity index (χ0v) is 13.4. The average Bonchev–Trinajstić information content (AvgIpc) is 3.27. The topological polar surface area (TPSA) is 75.4 Å². The normalized spacial score (nSPS) is 15.1. The molecule has 1 aliphatic rings. The molecule has 118 valence electrons. The molecule has 1 saturated carbocycles. The van der Waals surface area contributed by atoms with E-state index in [2.05, 4.69) is 16.5 Å². The van der Waals surface area contributed by atoms with Gasteiger partial charge in [-0.3, -0.25) is 0 Å². The molecule has 5 nitrogen and oxygen atoms in total. The average molecular weight is 311 g/mol. The van der Waals surface area contributed by atoms with Crippen LogP contribution in [-0.4, -0.2) is 34.1 Å². The van der Waals surface area contributed by atoms with Crippen molar-refractivity contribution in [2.24, 2.45) is 5.73 Å². The summed E-state index contributed by atoms with van der Waals surface area (Å²) in [5.74, 6) is 0. The van der Waals surface area contributed by atoms with E-state index in [0.29, 0.717) is 11.4 Å². The molecule has 1 fully saturated rings. The Balaban J connectivity index is 2.28. The first-order valence-corrected chi connectivity index (χ1v) is 9.13. The smallest absolute Gasteiger partial charge is 0.242 e. The summed E-state index contributed by atoms with van der Waals surface area (Å²) in [5, 5.41) is 0. The molecular formula is C15H25N3O2S. The molecule has 0 aliphatic heterocycles. The molecule has 0 bridgehead atoms. The molecule has 0 radical (unpaired) electrons. The maximum Gasteiger partial charge on any atom is 0.242 e. The number of para-hydroxylation sites is 1. The van der Waals surface area contributed by atoms with Crippen LogP contribution in [0.5, 0.6) is 0 Å². The summed E-state index contributed by atoms with van der Waals surface area (Å²) in [5.41, 5.74) is 6.37. The maximum absolute atomic E-state index is 12.5. The second kappa shape index (κ2) is 7.24. The molecule has 21 heavy (non-hydrogen) atoms. The van der Waals surface area contributed by atoms with Crippen molar-refractivity contribution in [2.75, 3.05) is 24.5 Å². The molecule has 0 saturated heterocycles. The van der Waals surface area contributed by atoms with Gasteiger partial charge in [0.05, 0.1) is 5.69 Å². The van der Waals surface area contributed by atoms with E-state index in [4.69, 9.17) is 5.73 Å². The zero-order chi connectivity index (χ0) is 15.3. The van der Waals surface area contributed by atoms with Crippen LogP contribution in [0.2, 0.25) is 0 Å². The summed E-state index contributed by atoms with van der Waals surface area (Å²) >= 11 is 0. The van der Waals surface area contributed by atoms with Crippen molar-refractivity contribution in [3.8, 4) is 0 Å². The van der Waals surface area contributed by atoms with E-state index in [1.54, 1.807) is 12.1 Å². The van der Waals surface area contributed by atoms with E-state index in [1.165, 1.54) is 0 Å². The number of hydrogen-bond acceptors (Lipinski definition) is 4. The van der Waals surface area contributed by atoms with Crippen LogP contribution in [0.3, 0.4) is 0 Å². The summed E-state index contributed by atoms with van der Waals surface area (Å²) < 4.78 is 27.8. The Bertz CT molecular complexity index is 556. The monoisotopic (exact) mass is 311 g/mol. The van der Waals surface area contributed by atoms with E-state index in [-0.39, 0.29) is 6.04 Å². The van der Waals surface area contributed by atoms with Crippen molar-refractivity contribution < 1.29 is 8.42 Å². The number of nitrogens with one attached hydrogen (secondary N) is 1. The van der Waals surface area contributed by atoms with Gasteiger partial charge in [-0.15, -0.1) is 0 Å². The first-order valence-electron chi connectivity index (χ1n) is 7.65. The third-order valence-corrected chi connectivity index (χ3v) is 5.09. The zero-order valence-electron chi connectivity index (χ0n) is 12.6. The Kier molecular flexibility index (Phi) is 5.61. The minimum atomic E-state index is -3.44. The maximum atomic E-state index is 12.5. The van der Waals surface area contributed by atoms with Crippen LogP contribution in [0, 0.1) is 0 Å². The van der Waals surface area contributed by atoms with Crippen molar-refractivity contribution >= 4 is 15.7 Å². The van der Waals surface area contributed by atoms with Crippen molar-refractivity contribution in [2.45, 2.75) is 43.5 Å². The molecule has 1 aliphatic carbocycles. The van der Waals surface area contributed by atoms with Gasteiger partial charge in [-0.1, -0.05) is 19.1 Å². The highest BCUT2D eigenvalue weighted by Crippen LogP contribution is 2.28. The predicted molar refractivity (Wildman–Crippen MR) is 86.0 cm³/mol. The molecule has 3 N–H and O–H groups in total. The highest BCUT2D eigenvalue weighted by Gasteiger charge is 2.30. The first kappa shape index (κ1) is 16.3. The lowest BCUT2D eigenvalue weighted by Gasteiger charge is -2.26. The number of sulfonamides is 1. The molecule has 0 amide bonds. The molecule has 0 unspecified atom stereocenters. The van der Waals surface area contributed by atoms with Gasteiger partial charge in [0.25, 0.3) is 0 Å². The lowest BCUT2D eigenvalue weighted by molar-refractivity contribution is 0.580. The Morgan fingerprint density at radius 2 is 2.00 bits per heavy atom. The Labute approximate surface area is 127 Å². The minimum absolute atomic E-state index is 0.117. The van der Waals surface area contributed by atoms with Crippen molar-refractivity contribution in [3.63, 3.8) is 0 Å². The van der Waals surface area contributed by atoms with Gasteiger partial charge in [0.15, 0.2) is 0 Å². The van der Waals surface area contributed by atoms with Gasteiger partial charge < -0.3 is 10.6 Å².